The number of aryl methyl sites for hydroxylation is 1. The Hall–Kier alpha value is -4.46. The third-order valence-corrected chi connectivity index (χ3v) is 7.46. The van der Waals surface area contributed by atoms with Gasteiger partial charge >= 0.3 is 0 Å². The minimum absolute atomic E-state index is 0.0515. The number of nitrogens with zero attached hydrogens (tertiary/aromatic N) is 3. The molecule has 4 aromatic rings. The van der Waals surface area contributed by atoms with E-state index in [1.165, 1.54) is 5.56 Å². The number of ether oxygens (including phenoxy) is 1. The third-order valence-electron chi connectivity index (χ3n) is 7.46. The van der Waals surface area contributed by atoms with E-state index in [-0.39, 0.29) is 30.4 Å². The van der Waals surface area contributed by atoms with Crippen molar-refractivity contribution < 1.29 is 19.1 Å². The molecule has 2 heterocycles. The van der Waals surface area contributed by atoms with Crippen LogP contribution in [0.15, 0.2) is 72.9 Å². The fourth-order valence-corrected chi connectivity index (χ4v) is 5.16. The van der Waals surface area contributed by atoms with Gasteiger partial charge in [0.1, 0.15) is 5.75 Å². The van der Waals surface area contributed by atoms with E-state index in [4.69, 9.17) is 4.74 Å². The predicted octanol–water partition coefficient (Wildman–Crippen LogP) is 5.20. The predicted molar refractivity (Wildman–Crippen MR) is 150 cm³/mol. The lowest BCUT2D eigenvalue weighted by Crippen LogP contribution is -2.38. The minimum atomic E-state index is -0.194. The average molecular weight is 525 g/mol. The Bertz CT molecular complexity index is 1480. The van der Waals surface area contributed by atoms with Crippen molar-refractivity contribution in [2.45, 2.75) is 31.6 Å². The Morgan fingerprint density at radius 3 is 2.36 bits per heavy atom. The Morgan fingerprint density at radius 2 is 1.67 bits per heavy atom. The number of rotatable bonds is 8. The van der Waals surface area contributed by atoms with E-state index in [1.54, 1.807) is 42.3 Å². The van der Waals surface area contributed by atoms with Gasteiger partial charge in [0.2, 0.25) is 5.91 Å². The monoisotopic (exact) mass is 524 g/mol. The summed E-state index contributed by atoms with van der Waals surface area (Å²) in [6.45, 7) is 1.39. The van der Waals surface area contributed by atoms with Crippen LogP contribution in [0, 0.1) is 0 Å². The topological polar surface area (TPSA) is 93.5 Å². The summed E-state index contributed by atoms with van der Waals surface area (Å²) in [4.78, 5) is 40.0. The molecule has 8 nitrogen and oxygen atoms in total. The summed E-state index contributed by atoms with van der Waals surface area (Å²) in [7, 11) is 3.45. The fourth-order valence-electron chi connectivity index (χ4n) is 5.16. The first kappa shape index (κ1) is 26.2. The number of amides is 2. The molecule has 1 saturated heterocycles. The molecule has 0 unspecified atom stereocenters. The molecule has 0 saturated carbocycles. The van der Waals surface area contributed by atoms with Crippen molar-refractivity contribution in [3.05, 3.63) is 89.6 Å². The van der Waals surface area contributed by atoms with Crippen molar-refractivity contribution in [1.82, 2.24) is 14.7 Å². The number of piperidine rings is 1. The maximum atomic E-state index is 13.2. The molecule has 1 fully saturated rings. The van der Waals surface area contributed by atoms with Crippen LogP contribution < -0.4 is 10.1 Å². The Kier molecular flexibility index (Phi) is 7.72. The van der Waals surface area contributed by atoms with Crippen molar-refractivity contribution in [3.63, 3.8) is 0 Å². The number of anilines is 1. The quantitative estimate of drug-likeness (QED) is 0.320. The second-order valence-corrected chi connectivity index (χ2v) is 9.89. The molecule has 1 aromatic heterocycles. The summed E-state index contributed by atoms with van der Waals surface area (Å²) in [6.07, 6.45) is 3.78. The smallest absolute Gasteiger partial charge is 0.254 e. The summed E-state index contributed by atoms with van der Waals surface area (Å²) in [5.41, 5.74) is 4.12. The Balaban J connectivity index is 1.11. The van der Waals surface area contributed by atoms with Crippen LogP contribution in [0.3, 0.4) is 0 Å². The summed E-state index contributed by atoms with van der Waals surface area (Å²) in [5.74, 6) is 0.821. The highest BCUT2D eigenvalue weighted by Crippen LogP contribution is 2.30. The SMILES string of the molecule is COc1ccc(C(=O)CCC(=O)Nc2ccc(C3CCN(C(=O)c4cccc5c4cnn5C)CC3)cc2)cc1. The van der Waals surface area contributed by atoms with E-state index in [0.717, 1.165) is 23.7 Å². The maximum absolute atomic E-state index is 13.2. The van der Waals surface area contributed by atoms with Crippen LogP contribution in [0.5, 0.6) is 5.75 Å². The molecular formula is C31H32N4O4. The molecular weight excluding hydrogens is 492 g/mol. The van der Waals surface area contributed by atoms with Crippen LogP contribution in [0.4, 0.5) is 5.69 Å². The van der Waals surface area contributed by atoms with Gasteiger partial charge in [-0.05, 0) is 72.9 Å². The van der Waals surface area contributed by atoms with Gasteiger partial charge in [-0.2, -0.15) is 5.10 Å². The van der Waals surface area contributed by atoms with Crippen molar-refractivity contribution in [2.24, 2.45) is 7.05 Å². The lowest BCUT2D eigenvalue weighted by atomic mass is 9.89. The average Bonchev–Trinajstić information content (AvgIpc) is 3.37. The van der Waals surface area contributed by atoms with E-state index in [0.29, 0.717) is 41.6 Å². The maximum Gasteiger partial charge on any atom is 0.254 e. The molecule has 2 amide bonds. The van der Waals surface area contributed by atoms with Gasteiger partial charge in [0.15, 0.2) is 5.78 Å². The number of aromatic nitrogens is 2. The van der Waals surface area contributed by atoms with Gasteiger partial charge < -0.3 is 15.0 Å². The summed E-state index contributed by atoms with van der Waals surface area (Å²) < 4.78 is 6.90. The highest BCUT2D eigenvalue weighted by Gasteiger charge is 2.26. The zero-order chi connectivity index (χ0) is 27.4. The van der Waals surface area contributed by atoms with Crippen LogP contribution in [-0.2, 0) is 11.8 Å². The van der Waals surface area contributed by atoms with Crippen LogP contribution in [0.2, 0.25) is 0 Å². The lowest BCUT2D eigenvalue weighted by Gasteiger charge is -2.32. The van der Waals surface area contributed by atoms with Crippen LogP contribution in [0.1, 0.15) is 57.9 Å². The van der Waals surface area contributed by atoms with Crippen molar-refractivity contribution in [1.29, 1.82) is 0 Å². The normalized spacial score (nSPS) is 13.8. The number of benzene rings is 3. The number of methoxy groups -OCH3 is 1. The number of Topliss-reactive ketones (excluding diaryl/α,β-unsaturated/α-hetero) is 1. The van der Waals surface area contributed by atoms with Crippen LogP contribution in [0.25, 0.3) is 10.9 Å². The molecule has 0 aliphatic carbocycles. The molecule has 0 bridgehead atoms. The van der Waals surface area contributed by atoms with Crippen LogP contribution >= 0.6 is 0 Å². The van der Waals surface area contributed by atoms with E-state index in [1.807, 2.05) is 54.4 Å². The highest BCUT2D eigenvalue weighted by atomic mass is 16.5. The largest absolute Gasteiger partial charge is 0.497 e. The zero-order valence-electron chi connectivity index (χ0n) is 22.2. The number of fused-ring (bicyclic) bond motifs is 1. The fraction of sp³-hybridized carbons (Fsp3) is 0.290. The Morgan fingerprint density at radius 1 is 0.949 bits per heavy atom. The van der Waals surface area contributed by atoms with Crippen LogP contribution in [-0.4, -0.2) is 52.5 Å². The first-order chi connectivity index (χ1) is 18.9. The Labute approximate surface area is 227 Å². The first-order valence-electron chi connectivity index (χ1n) is 13.2. The number of carbonyl (C=O) groups excluding carboxylic acids is 3. The van der Waals surface area contributed by atoms with Crippen molar-refractivity contribution >= 4 is 34.2 Å². The molecule has 39 heavy (non-hydrogen) atoms. The van der Waals surface area contributed by atoms with Gasteiger partial charge in [0, 0.05) is 49.6 Å². The molecule has 1 aliphatic rings. The summed E-state index contributed by atoms with van der Waals surface area (Å²) in [6, 6.07) is 20.5. The molecule has 0 radical (unpaired) electrons. The van der Waals surface area contributed by atoms with E-state index >= 15 is 0 Å². The second kappa shape index (κ2) is 11.5. The van der Waals surface area contributed by atoms with Gasteiger partial charge in [0.25, 0.3) is 5.91 Å². The number of likely N-dealkylation sites (tertiary alicyclic amines) is 1. The molecule has 8 heteroatoms. The zero-order valence-corrected chi connectivity index (χ0v) is 22.2. The van der Waals surface area contributed by atoms with Gasteiger partial charge in [-0.1, -0.05) is 18.2 Å². The summed E-state index contributed by atoms with van der Waals surface area (Å²) in [5, 5.41) is 8.06. The molecule has 1 N–H and O–H groups in total. The highest BCUT2D eigenvalue weighted by molar-refractivity contribution is 6.06. The molecule has 1 aliphatic heterocycles. The number of hydrogen-bond acceptors (Lipinski definition) is 5. The van der Waals surface area contributed by atoms with Gasteiger partial charge in [-0.25, -0.2) is 0 Å². The van der Waals surface area contributed by atoms with Crippen molar-refractivity contribution in [2.75, 3.05) is 25.5 Å². The number of nitrogens with one attached hydrogen (secondary N) is 1. The molecule has 200 valence electrons. The van der Waals surface area contributed by atoms with E-state index in [9.17, 15) is 14.4 Å². The third kappa shape index (κ3) is 5.85. The molecule has 0 spiro atoms. The number of ketones is 1. The van der Waals surface area contributed by atoms with Crippen molar-refractivity contribution in [3.8, 4) is 5.75 Å². The molecule has 3 aromatic carbocycles. The lowest BCUT2D eigenvalue weighted by molar-refractivity contribution is -0.116. The molecule has 0 atom stereocenters. The van der Waals surface area contributed by atoms with E-state index < -0.39 is 0 Å². The second-order valence-electron chi connectivity index (χ2n) is 9.89. The van der Waals surface area contributed by atoms with Gasteiger partial charge in [-0.15, -0.1) is 0 Å². The first-order valence-corrected chi connectivity index (χ1v) is 13.2. The van der Waals surface area contributed by atoms with E-state index in [2.05, 4.69) is 10.4 Å². The van der Waals surface area contributed by atoms with Gasteiger partial charge in [-0.3, -0.25) is 19.1 Å². The molecule has 5 rings (SSSR count). The number of carbonyl (C=O) groups is 3. The standard InChI is InChI=1S/C31H32N4O4/c1-34-28-5-3-4-26(27(28)20-32-34)31(38)35-18-16-22(17-19-35)21-6-10-24(11-7-21)33-30(37)15-14-29(36)23-8-12-25(39-2)13-9-23/h3-13,20,22H,14-19H2,1-2H3,(H,33,37). The minimum Gasteiger partial charge on any atom is -0.497 e. The summed E-state index contributed by atoms with van der Waals surface area (Å²) >= 11 is 0. The number of hydrogen-bond donors (Lipinski definition) is 1. The van der Waals surface area contributed by atoms with Gasteiger partial charge in [0.05, 0.1) is 24.4 Å².